The fourth-order valence-electron chi connectivity index (χ4n) is 2.30. The van der Waals surface area contributed by atoms with Crippen molar-refractivity contribution in [2.24, 2.45) is 5.92 Å². The average Bonchev–Trinajstić information content (AvgIpc) is 2.44. The normalized spacial score (nSPS) is 21.1. The van der Waals surface area contributed by atoms with Crippen LogP contribution in [-0.2, 0) is 19.1 Å². The number of carbonyl (C=O) groups excluding carboxylic acids is 2. The van der Waals surface area contributed by atoms with Gasteiger partial charge in [-0.1, -0.05) is 13.3 Å². The second kappa shape index (κ2) is 8.21. The smallest absolute Gasteiger partial charge is 0.376 e. The number of hydrogen-bond acceptors (Lipinski definition) is 6. The molecule has 1 heterocycles. The molecule has 0 aromatic rings. The zero-order valence-corrected chi connectivity index (χ0v) is 12.0. The van der Waals surface area contributed by atoms with Crippen molar-refractivity contribution in [3.63, 3.8) is 0 Å². The van der Waals surface area contributed by atoms with Gasteiger partial charge in [0.25, 0.3) is 0 Å². The Hall–Kier alpha value is -1.14. The Labute approximate surface area is 119 Å². The first-order chi connectivity index (χ1) is 9.51. The van der Waals surface area contributed by atoms with Gasteiger partial charge in [0, 0.05) is 19.4 Å². The van der Waals surface area contributed by atoms with Crippen LogP contribution >= 0.6 is 0 Å². The molecule has 116 valence electrons. The highest BCUT2D eigenvalue weighted by atomic mass is 16.8. The number of hydrogen-bond donors (Lipinski definition) is 2. The van der Waals surface area contributed by atoms with Gasteiger partial charge in [-0.15, -0.1) is 0 Å². The van der Waals surface area contributed by atoms with E-state index in [1.165, 1.54) is 0 Å². The highest BCUT2D eigenvalue weighted by molar-refractivity contribution is 5.72. The predicted octanol–water partition coefficient (Wildman–Crippen LogP) is 1.48. The van der Waals surface area contributed by atoms with Crippen LogP contribution < -0.4 is 0 Å². The summed E-state index contributed by atoms with van der Waals surface area (Å²) in [5.41, 5.74) is 0. The fourth-order valence-corrected chi connectivity index (χ4v) is 2.30. The van der Waals surface area contributed by atoms with E-state index in [0.717, 1.165) is 0 Å². The molecule has 1 aliphatic rings. The van der Waals surface area contributed by atoms with Gasteiger partial charge in [-0.3, -0.25) is 9.59 Å². The van der Waals surface area contributed by atoms with Crippen LogP contribution in [0.15, 0.2) is 0 Å². The van der Waals surface area contributed by atoms with E-state index in [9.17, 15) is 14.7 Å². The maximum atomic E-state index is 11.6. The van der Waals surface area contributed by atoms with Crippen molar-refractivity contribution in [2.75, 3.05) is 6.61 Å². The summed E-state index contributed by atoms with van der Waals surface area (Å²) in [4.78, 5) is 23.3. The Morgan fingerprint density at radius 2 is 1.70 bits per heavy atom. The average molecular weight is 288 g/mol. The monoisotopic (exact) mass is 288 g/mol. The van der Waals surface area contributed by atoms with E-state index >= 15 is 0 Å². The van der Waals surface area contributed by atoms with Gasteiger partial charge < -0.3 is 19.7 Å². The number of unbranched alkanes of at least 4 members (excludes halogenated alkanes) is 1. The molecule has 0 bridgehead atoms. The number of aliphatic hydroxyl groups excluding tert-OH is 1. The Morgan fingerprint density at radius 3 is 2.15 bits per heavy atom. The van der Waals surface area contributed by atoms with Crippen LogP contribution in [0.25, 0.3) is 0 Å². The molecule has 1 aliphatic heterocycles. The molecule has 0 aromatic carbocycles. The molecule has 1 rings (SSSR count). The third-order valence-corrected chi connectivity index (χ3v) is 3.50. The zero-order chi connectivity index (χ0) is 15.0. The lowest BCUT2D eigenvalue weighted by Gasteiger charge is -2.33. The summed E-state index contributed by atoms with van der Waals surface area (Å²) in [6.07, 6.45) is 3.70. The van der Waals surface area contributed by atoms with E-state index in [-0.39, 0.29) is 19.4 Å². The van der Waals surface area contributed by atoms with Gasteiger partial charge in [-0.2, -0.15) is 0 Å². The molecule has 20 heavy (non-hydrogen) atoms. The van der Waals surface area contributed by atoms with E-state index < -0.39 is 23.8 Å². The molecule has 0 radical (unpaired) electrons. The summed E-state index contributed by atoms with van der Waals surface area (Å²) in [5.74, 6) is -3.77. The molecule has 6 heteroatoms. The molecule has 0 aromatic heterocycles. The van der Waals surface area contributed by atoms with E-state index in [1.54, 1.807) is 0 Å². The maximum Gasteiger partial charge on any atom is 0.376 e. The lowest BCUT2D eigenvalue weighted by molar-refractivity contribution is -0.351. The predicted molar refractivity (Wildman–Crippen MR) is 70.3 cm³/mol. The molecule has 0 amide bonds. The Balaban J connectivity index is 2.79. The molecular formula is C14H24O6. The second-order valence-corrected chi connectivity index (χ2v) is 5.11. The fraction of sp³-hybridized carbons (Fsp3) is 0.857. The zero-order valence-electron chi connectivity index (χ0n) is 12.0. The van der Waals surface area contributed by atoms with Crippen LogP contribution in [-0.4, -0.2) is 34.7 Å². The molecule has 1 saturated heterocycles. The van der Waals surface area contributed by atoms with E-state index in [2.05, 4.69) is 0 Å². The van der Waals surface area contributed by atoms with Crippen LogP contribution in [0.4, 0.5) is 0 Å². The Kier molecular flexibility index (Phi) is 6.95. The van der Waals surface area contributed by atoms with Crippen molar-refractivity contribution < 1.29 is 29.3 Å². The number of cyclic esters (lactones) is 2. The largest absolute Gasteiger partial charge is 0.398 e. The number of carbonyl (C=O) groups is 2. The van der Waals surface area contributed by atoms with E-state index in [1.807, 2.05) is 6.92 Å². The summed E-state index contributed by atoms with van der Waals surface area (Å²) in [6, 6.07) is 0. The number of rotatable bonds is 6. The first-order valence-electron chi connectivity index (χ1n) is 7.28. The van der Waals surface area contributed by atoms with Gasteiger partial charge in [0.2, 0.25) is 0 Å². The van der Waals surface area contributed by atoms with E-state index in [0.29, 0.717) is 38.5 Å². The highest BCUT2D eigenvalue weighted by Crippen LogP contribution is 2.31. The number of aliphatic hydroxyl groups is 2. The summed E-state index contributed by atoms with van der Waals surface area (Å²) in [5, 5.41) is 19.2. The molecule has 6 nitrogen and oxygen atoms in total. The summed E-state index contributed by atoms with van der Waals surface area (Å²) < 4.78 is 10.0. The summed E-state index contributed by atoms with van der Waals surface area (Å²) in [6.45, 7) is 1.89. The van der Waals surface area contributed by atoms with Crippen molar-refractivity contribution in [3.05, 3.63) is 0 Å². The molecule has 1 unspecified atom stereocenters. The first-order valence-corrected chi connectivity index (χ1v) is 7.28. The number of esters is 2. The lowest BCUT2D eigenvalue weighted by atomic mass is 9.96. The molecule has 2 N–H and O–H groups in total. The number of ether oxygens (including phenoxy) is 2. The van der Waals surface area contributed by atoms with Crippen LogP contribution in [0.3, 0.4) is 0 Å². The standard InChI is InChI=1S/C14H24O6/c1-2-11(7-5-6-10-15)14(18)19-12(16)8-3-4-9-13(17)20-14/h11,15,18H,2-10H2,1H3. The van der Waals surface area contributed by atoms with Gasteiger partial charge >= 0.3 is 17.9 Å². The minimum Gasteiger partial charge on any atom is -0.398 e. The maximum absolute atomic E-state index is 11.6. The van der Waals surface area contributed by atoms with Crippen LogP contribution in [0.1, 0.15) is 58.3 Å². The van der Waals surface area contributed by atoms with Gasteiger partial charge in [-0.25, -0.2) is 0 Å². The van der Waals surface area contributed by atoms with Crippen molar-refractivity contribution in [2.45, 2.75) is 64.3 Å². The molecule has 0 saturated carbocycles. The van der Waals surface area contributed by atoms with Crippen LogP contribution in [0.2, 0.25) is 0 Å². The van der Waals surface area contributed by atoms with E-state index in [4.69, 9.17) is 14.6 Å². The van der Waals surface area contributed by atoms with Gasteiger partial charge in [0.05, 0.1) is 5.92 Å². The Bertz CT molecular complexity index is 308. The van der Waals surface area contributed by atoms with Gasteiger partial charge in [-0.05, 0) is 32.1 Å². The van der Waals surface area contributed by atoms with Crippen molar-refractivity contribution in [1.29, 1.82) is 0 Å². The quantitative estimate of drug-likeness (QED) is 0.568. The third kappa shape index (κ3) is 5.09. The molecule has 1 atom stereocenters. The highest BCUT2D eigenvalue weighted by Gasteiger charge is 2.44. The first kappa shape index (κ1) is 16.9. The SMILES string of the molecule is CCC(CCCCO)C1(O)OC(=O)CCCCC(=O)O1. The minimum absolute atomic E-state index is 0.0639. The third-order valence-electron chi connectivity index (χ3n) is 3.50. The minimum atomic E-state index is -2.18. The Morgan fingerprint density at radius 1 is 1.15 bits per heavy atom. The molecular weight excluding hydrogens is 264 g/mol. The van der Waals surface area contributed by atoms with Gasteiger partial charge in [0.15, 0.2) is 0 Å². The van der Waals surface area contributed by atoms with Crippen molar-refractivity contribution in [3.8, 4) is 0 Å². The second-order valence-electron chi connectivity index (χ2n) is 5.11. The van der Waals surface area contributed by atoms with Crippen LogP contribution in [0.5, 0.6) is 0 Å². The van der Waals surface area contributed by atoms with Crippen LogP contribution in [0, 0.1) is 5.92 Å². The lowest BCUT2D eigenvalue weighted by Crippen LogP contribution is -2.46. The summed E-state index contributed by atoms with van der Waals surface area (Å²) in [7, 11) is 0. The van der Waals surface area contributed by atoms with Crippen molar-refractivity contribution >= 4 is 11.9 Å². The molecule has 0 spiro atoms. The van der Waals surface area contributed by atoms with Crippen molar-refractivity contribution in [1.82, 2.24) is 0 Å². The van der Waals surface area contributed by atoms with Gasteiger partial charge in [0.1, 0.15) is 0 Å². The topological polar surface area (TPSA) is 93.1 Å². The summed E-state index contributed by atoms with van der Waals surface area (Å²) >= 11 is 0. The molecule has 1 fully saturated rings. The molecule has 0 aliphatic carbocycles.